The minimum atomic E-state index is -0.409. The third kappa shape index (κ3) is 5.17. The molecule has 1 N–H and O–H groups in total. The zero-order valence-electron chi connectivity index (χ0n) is 16.3. The lowest BCUT2D eigenvalue weighted by atomic mass is 10.3. The number of halogens is 2. The molecule has 7 nitrogen and oxygen atoms in total. The molecule has 2 amide bonds. The van der Waals surface area contributed by atoms with Gasteiger partial charge in [-0.15, -0.1) is 0 Å². The standard InChI is InChI=1S/C21H20Cl2N4O3/c1-2-9-26(12-19(28)25-17-10-14(22)7-8-15(17)23)21(30)13-27-18-6-4-3-5-16(18)24-11-20(27)29/h3-8,10-11H,2,9,12-13H2,1H3,(H,25,28). The summed E-state index contributed by atoms with van der Waals surface area (Å²) in [6.45, 7) is 1.91. The number of para-hydroxylation sites is 2. The first kappa shape index (κ1) is 21.8. The summed E-state index contributed by atoms with van der Waals surface area (Å²) in [7, 11) is 0. The number of aromatic nitrogens is 2. The molecule has 0 radical (unpaired) electrons. The zero-order valence-corrected chi connectivity index (χ0v) is 17.8. The lowest BCUT2D eigenvalue weighted by Crippen LogP contribution is -2.41. The van der Waals surface area contributed by atoms with Gasteiger partial charge >= 0.3 is 0 Å². The molecule has 2 aromatic carbocycles. The molecule has 0 spiro atoms. The first-order chi connectivity index (χ1) is 14.4. The lowest BCUT2D eigenvalue weighted by Gasteiger charge is -2.22. The van der Waals surface area contributed by atoms with E-state index in [0.717, 1.165) is 0 Å². The van der Waals surface area contributed by atoms with Gasteiger partial charge in [0, 0.05) is 11.6 Å². The minimum Gasteiger partial charge on any atom is -0.332 e. The van der Waals surface area contributed by atoms with Crippen LogP contribution < -0.4 is 10.9 Å². The van der Waals surface area contributed by atoms with Crippen molar-refractivity contribution >= 4 is 51.7 Å². The number of benzene rings is 2. The summed E-state index contributed by atoms with van der Waals surface area (Å²) in [6, 6.07) is 11.8. The molecule has 1 aromatic heterocycles. The van der Waals surface area contributed by atoms with E-state index >= 15 is 0 Å². The van der Waals surface area contributed by atoms with Crippen LogP contribution in [-0.4, -0.2) is 39.4 Å². The van der Waals surface area contributed by atoms with E-state index in [9.17, 15) is 14.4 Å². The van der Waals surface area contributed by atoms with Crippen LogP contribution in [0.15, 0.2) is 53.5 Å². The second-order valence-corrected chi connectivity index (χ2v) is 7.50. The molecular weight excluding hydrogens is 427 g/mol. The summed E-state index contributed by atoms with van der Waals surface area (Å²) in [5, 5.41) is 3.45. The summed E-state index contributed by atoms with van der Waals surface area (Å²) in [6.07, 6.45) is 1.84. The molecule has 0 bridgehead atoms. The van der Waals surface area contributed by atoms with E-state index in [0.29, 0.717) is 39.7 Å². The van der Waals surface area contributed by atoms with E-state index in [-0.39, 0.29) is 24.6 Å². The van der Waals surface area contributed by atoms with Crippen molar-refractivity contribution in [2.45, 2.75) is 19.9 Å². The molecule has 1 heterocycles. The molecule has 156 valence electrons. The van der Waals surface area contributed by atoms with Gasteiger partial charge in [0.05, 0.1) is 34.5 Å². The van der Waals surface area contributed by atoms with Crippen molar-refractivity contribution < 1.29 is 9.59 Å². The molecule has 9 heteroatoms. The summed E-state index contributed by atoms with van der Waals surface area (Å²) in [5.41, 5.74) is 1.16. The van der Waals surface area contributed by atoms with Gasteiger partial charge in [0.25, 0.3) is 5.56 Å². The highest BCUT2D eigenvalue weighted by Gasteiger charge is 2.19. The SMILES string of the molecule is CCCN(CC(=O)Nc1cc(Cl)ccc1Cl)C(=O)Cn1c(=O)cnc2ccccc21. The van der Waals surface area contributed by atoms with E-state index < -0.39 is 5.91 Å². The first-order valence-electron chi connectivity index (χ1n) is 9.36. The van der Waals surface area contributed by atoms with E-state index in [1.807, 2.05) is 6.92 Å². The van der Waals surface area contributed by atoms with Gasteiger partial charge < -0.3 is 10.2 Å². The maximum atomic E-state index is 12.9. The molecule has 3 rings (SSSR count). The molecule has 30 heavy (non-hydrogen) atoms. The van der Waals surface area contributed by atoms with Crippen molar-refractivity contribution in [3.05, 3.63) is 69.1 Å². The molecule has 0 fully saturated rings. The molecule has 3 aromatic rings. The van der Waals surface area contributed by atoms with Crippen LogP contribution in [0.5, 0.6) is 0 Å². The highest BCUT2D eigenvalue weighted by molar-refractivity contribution is 6.35. The number of carbonyl (C=O) groups excluding carboxylic acids is 2. The highest BCUT2D eigenvalue weighted by Crippen LogP contribution is 2.25. The molecular formula is C21H20Cl2N4O3. The second-order valence-electron chi connectivity index (χ2n) is 6.66. The second kappa shape index (κ2) is 9.73. The van der Waals surface area contributed by atoms with E-state index in [1.54, 1.807) is 36.4 Å². The third-order valence-corrected chi connectivity index (χ3v) is 4.99. The van der Waals surface area contributed by atoms with Gasteiger partial charge in [0.1, 0.15) is 6.54 Å². The summed E-state index contributed by atoms with van der Waals surface area (Å²) >= 11 is 12.0. The largest absolute Gasteiger partial charge is 0.332 e. The van der Waals surface area contributed by atoms with Crippen LogP contribution in [0.25, 0.3) is 11.0 Å². The van der Waals surface area contributed by atoms with Crippen molar-refractivity contribution in [1.29, 1.82) is 0 Å². The van der Waals surface area contributed by atoms with Crippen LogP contribution in [0.4, 0.5) is 5.69 Å². The minimum absolute atomic E-state index is 0.173. The number of nitrogens with one attached hydrogen (secondary N) is 1. The summed E-state index contributed by atoms with van der Waals surface area (Å²) < 4.78 is 1.36. The Balaban J connectivity index is 1.77. The smallest absolute Gasteiger partial charge is 0.269 e. The normalized spacial score (nSPS) is 10.8. The van der Waals surface area contributed by atoms with Gasteiger partial charge in [0.15, 0.2) is 0 Å². The Morgan fingerprint density at radius 3 is 2.70 bits per heavy atom. The molecule has 0 aliphatic rings. The van der Waals surface area contributed by atoms with Crippen molar-refractivity contribution in [2.75, 3.05) is 18.4 Å². The van der Waals surface area contributed by atoms with Crippen LogP contribution >= 0.6 is 23.2 Å². The van der Waals surface area contributed by atoms with Gasteiger partial charge in [-0.25, -0.2) is 4.98 Å². The van der Waals surface area contributed by atoms with Gasteiger partial charge in [-0.1, -0.05) is 42.3 Å². The van der Waals surface area contributed by atoms with Crippen LogP contribution in [0, 0.1) is 0 Å². The molecule has 0 atom stereocenters. The fourth-order valence-electron chi connectivity index (χ4n) is 3.03. The van der Waals surface area contributed by atoms with E-state index in [2.05, 4.69) is 10.3 Å². The average molecular weight is 447 g/mol. The summed E-state index contributed by atoms with van der Waals surface area (Å²) in [4.78, 5) is 43.3. The predicted octanol–water partition coefficient (Wildman–Crippen LogP) is 3.58. The van der Waals surface area contributed by atoms with Crippen molar-refractivity contribution in [2.24, 2.45) is 0 Å². The van der Waals surface area contributed by atoms with Crippen molar-refractivity contribution in [1.82, 2.24) is 14.5 Å². The quantitative estimate of drug-likeness (QED) is 0.600. The monoisotopic (exact) mass is 446 g/mol. The van der Waals surface area contributed by atoms with Crippen molar-refractivity contribution in [3.63, 3.8) is 0 Å². The zero-order chi connectivity index (χ0) is 21.7. The summed E-state index contributed by atoms with van der Waals surface area (Å²) in [5.74, 6) is -0.754. The Hall–Kier alpha value is -2.90. The number of carbonyl (C=O) groups is 2. The Labute approximate surface area is 183 Å². The number of nitrogens with zero attached hydrogens (tertiary/aromatic N) is 3. The Morgan fingerprint density at radius 1 is 1.17 bits per heavy atom. The fraction of sp³-hybridized carbons (Fsp3) is 0.238. The van der Waals surface area contributed by atoms with Crippen LogP contribution in [-0.2, 0) is 16.1 Å². The molecule has 0 aliphatic carbocycles. The molecule has 0 saturated carbocycles. The highest BCUT2D eigenvalue weighted by atomic mass is 35.5. The van der Waals surface area contributed by atoms with Crippen LogP contribution in [0.1, 0.15) is 13.3 Å². The lowest BCUT2D eigenvalue weighted by molar-refractivity contribution is -0.135. The van der Waals surface area contributed by atoms with Crippen LogP contribution in [0.3, 0.4) is 0 Å². The number of amides is 2. The topological polar surface area (TPSA) is 84.3 Å². The Bertz CT molecular complexity index is 1150. The molecule has 0 saturated heterocycles. The maximum absolute atomic E-state index is 12.9. The van der Waals surface area contributed by atoms with Gasteiger partial charge in [-0.05, 0) is 36.8 Å². The van der Waals surface area contributed by atoms with Gasteiger partial charge in [0.2, 0.25) is 11.8 Å². The number of anilines is 1. The van der Waals surface area contributed by atoms with Gasteiger partial charge in [-0.3, -0.25) is 19.0 Å². The number of rotatable bonds is 7. The van der Waals surface area contributed by atoms with Crippen LogP contribution in [0.2, 0.25) is 10.0 Å². The van der Waals surface area contributed by atoms with E-state index in [1.165, 1.54) is 21.7 Å². The maximum Gasteiger partial charge on any atom is 0.269 e. The Morgan fingerprint density at radius 2 is 1.93 bits per heavy atom. The number of fused-ring (bicyclic) bond motifs is 1. The number of hydrogen-bond donors (Lipinski definition) is 1. The molecule has 0 aliphatic heterocycles. The third-order valence-electron chi connectivity index (χ3n) is 4.43. The van der Waals surface area contributed by atoms with Gasteiger partial charge in [-0.2, -0.15) is 0 Å². The number of hydrogen-bond acceptors (Lipinski definition) is 4. The van der Waals surface area contributed by atoms with Crippen molar-refractivity contribution in [3.8, 4) is 0 Å². The average Bonchev–Trinajstić information content (AvgIpc) is 2.72. The molecule has 0 unspecified atom stereocenters. The fourth-order valence-corrected chi connectivity index (χ4v) is 3.37. The predicted molar refractivity (Wildman–Crippen MR) is 118 cm³/mol. The first-order valence-corrected chi connectivity index (χ1v) is 10.1. The Kier molecular flexibility index (Phi) is 7.07. The van der Waals surface area contributed by atoms with E-state index in [4.69, 9.17) is 23.2 Å².